The van der Waals surface area contributed by atoms with Crippen LogP contribution in [0, 0.1) is 10.1 Å². The third kappa shape index (κ3) is 5.33. The number of hydrogen-bond donors (Lipinski definition) is 1. The SMILES string of the molecule is O=[N+]([O-])c1ccccc1N/N=C\c1ccc(OC(F)F)cc1OC(F)F. The topological polar surface area (TPSA) is 86.0 Å². The highest BCUT2D eigenvalue weighted by molar-refractivity contribution is 5.84. The molecule has 0 aromatic heterocycles. The first-order chi connectivity index (χ1) is 12.4. The van der Waals surface area contributed by atoms with Gasteiger partial charge in [-0.3, -0.25) is 15.5 Å². The van der Waals surface area contributed by atoms with Crippen LogP contribution in [0.5, 0.6) is 11.5 Å². The Morgan fingerprint density at radius 2 is 1.77 bits per heavy atom. The van der Waals surface area contributed by atoms with Crippen LogP contribution >= 0.6 is 0 Å². The summed E-state index contributed by atoms with van der Waals surface area (Å²) < 4.78 is 57.7. The van der Waals surface area contributed by atoms with Gasteiger partial charge in [-0.05, 0) is 18.2 Å². The summed E-state index contributed by atoms with van der Waals surface area (Å²) in [6, 6.07) is 8.77. The molecule has 0 aliphatic carbocycles. The average molecular weight is 373 g/mol. The maximum absolute atomic E-state index is 12.5. The van der Waals surface area contributed by atoms with Crippen LogP contribution in [0.15, 0.2) is 47.6 Å². The Kier molecular flexibility index (Phi) is 6.31. The van der Waals surface area contributed by atoms with E-state index in [4.69, 9.17) is 0 Å². The molecular formula is C15H11F4N3O4. The van der Waals surface area contributed by atoms with E-state index < -0.39 is 23.9 Å². The molecule has 2 aromatic carbocycles. The third-order valence-corrected chi connectivity index (χ3v) is 2.92. The molecule has 1 N–H and O–H groups in total. The molecule has 0 unspecified atom stereocenters. The number of hydrogen-bond acceptors (Lipinski definition) is 6. The van der Waals surface area contributed by atoms with Gasteiger partial charge in [0.2, 0.25) is 0 Å². The molecule has 0 saturated carbocycles. The zero-order valence-electron chi connectivity index (χ0n) is 12.8. The van der Waals surface area contributed by atoms with Crippen LogP contribution in [0.25, 0.3) is 0 Å². The molecular weight excluding hydrogens is 362 g/mol. The Morgan fingerprint density at radius 1 is 1.08 bits per heavy atom. The van der Waals surface area contributed by atoms with Crippen molar-refractivity contribution in [2.45, 2.75) is 13.2 Å². The fourth-order valence-corrected chi connectivity index (χ4v) is 1.89. The van der Waals surface area contributed by atoms with E-state index in [0.29, 0.717) is 0 Å². The molecule has 11 heteroatoms. The highest BCUT2D eigenvalue weighted by Crippen LogP contribution is 2.27. The summed E-state index contributed by atoms with van der Waals surface area (Å²) in [7, 11) is 0. The first-order valence-corrected chi connectivity index (χ1v) is 6.93. The quantitative estimate of drug-likeness (QED) is 0.324. The highest BCUT2D eigenvalue weighted by Gasteiger charge is 2.13. The maximum atomic E-state index is 12.5. The number of benzene rings is 2. The Labute approximate surface area is 144 Å². The zero-order valence-corrected chi connectivity index (χ0v) is 12.8. The minimum Gasteiger partial charge on any atom is -0.435 e. The van der Waals surface area contributed by atoms with Gasteiger partial charge in [0.05, 0.1) is 11.1 Å². The van der Waals surface area contributed by atoms with Gasteiger partial charge in [0, 0.05) is 17.7 Å². The van der Waals surface area contributed by atoms with E-state index in [9.17, 15) is 27.7 Å². The van der Waals surface area contributed by atoms with Crippen LogP contribution in [-0.4, -0.2) is 24.4 Å². The maximum Gasteiger partial charge on any atom is 0.387 e. The van der Waals surface area contributed by atoms with Gasteiger partial charge >= 0.3 is 13.2 Å². The van der Waals surface area contributed by atoms with Crippen molar-refractivity contribution in [2.24, 2.45) is 5.10 Å². The van der Waals surface area contributed by atoms with Gasteiger partial charge in [0.15, 0.2) is 0 Å². The number of alkyl halides is 4. The van der Waals surface area contributed by atoms with E-state index in [1.165, 1.54) is 30.3 Å². The van der Waals surface area contributed by atoms with Gasteiger partial charge in [-0.2, -0.15) is 22.7 Å². The molecule has 0 atom stereocenters. The number of anilines is 1. The monoisotopic (exact) mass is 373 g/mol. The predicted molar refractivity (Wildman–Crippen MR) is 84.0 cm³/mol. The third-order valence-electron chi connectivity index (χ3n) is 2.92. The lowest BCUT2D eigenvalue weighted by Gasteiger charge is -2.10. The molecule has 0 saturated heterocycles. The standard InChI is InChI=1S/C15H11F4N3O4/c16-14(17)25-10-6-5-9(13(7-10)26-15(18)19)8-20-21-11-3-1-2-4-12(11)22(23)24/h1-8,14-15,21H/b20-8-. The van der Waals surface area contributed by atoms with Crippen LogP contribution < -0.4 is 14.9 Å². The molecule has 0 spiro atoms. The van der Waals surface area contributed by atoms with Crippen molar-refractivity contribution in [1.82, 2.24) is 0 Å². The van der Waals surface area contributed by atoms with Crippen molar-refractivity contribution in [2.75, 3.05) is 5.43 Å². The number of hydrazone groups is 1. The molecule has 0 radical (unpaired) electrons. The van der Waals surface area contributed by atoms with Crippen LogP contribution in [0.2, 0.25) is 0 Å². The van der Waals surface area contributed by atoms with Crippen LogP contribution in [-0.2, 0) is 0 Å². The Bertz CT molecular complexity index is 802. The van der Waals surface area contributed by atoms with E-state index in [1.807, 2.05) is 0 Å². The lowest BCUT2D eigenvalue weighted by atomic mass is 10.2. The minimum atomic E-state index is -3.20. The second-order valence-electron chi connectivity index (χ2n) is 4.60. The number of halogens is 4. The van der Waals surface area contributed by atoms with Gasteiger partial charge in [0.25, 0.3) is 5.69 Å². The number of rotatable bonds is 8. The number of nitro groups is 1. The van der Waals surface area contributed by atoms with Gasteiger partial charge in [-0.25, -0.2) is 0 Å². The fourth-order valence-electron chi connectivity index (χ4n) is 1.89. The predicted octanol–water partition coefficient (Wildman–Crippen LogP) is 4.24. The molecule has 0 aliphatic rings. The Balaban J connectivity index is 2.22. The van der Waals surface area contributed by atoms with Crippen LogP contribution in [0.4, 0.5) is 28.9 Å². The van der Waals surface area contributed by atoms with E-state index in [2.05, 4.69) is 20.0 Å². The lowest BCUT2D eigenvalue weighted by molar-refractivity contribution is -0.384. The number of nitrogens with one attached hydrogen (secondary N) is 1. The van der Waals surface area contributed by atoms with Crippen LogP contribution in [0.3, 0.4) is 0 Å². The summed E-state index contributed by atoms with van der Waals surface area (Å²) in [6.07, 6.45) is 1.04. The van der Waals surface area contributed by atoms with Crippen molar-refractivity contribution < 1.29 is 32.0 Å². The second kappa shape index (κ2) is 8.65. The number of nitro benzene ring substituents is 1. The molecule has 0 amide bonds. The summed E-state index contributed by atoms with van der Waals surface area (Å²) >= 11 is 0. The van der Waals surface area contributed by atoms with Crippen molar-refractivity contribution in [3.63, 3.8) is 0 Å². The first-order valence-electron chi connectivity index (χ1n) is 6.93. The lowest BCUT2D eigenvalue weighted by Crippen LogP contribution is -2.07. The molecule has 0 aliphatic heterocycles. The summed E-state index contributed by atoms with van der Waals surface area (Å²) in [6.45, 7) is -6.33. The fraction of sp³-hybridized carbons (Fsp3) is 0.133. The Morgan fingerprint density at radius 3 is 2.42 bits per heavy atom. The van der Waals surface area contributed by atoms with Gasteiger partial charge < -0.3 is 9.47 Å². The molecule has 0 heterocycles. The minimum absolute atomic E-state index is 0.0120. The van der Waals surface area contributed by atoms with Crippen molar-refractivity contribution in [3.05, 3.63) is 58.1 Å². The normalized spacial score (nSPS) is 11.2. The largest absolute Gasteiger partial charge is 0.435 e. The Hall–Kier alpha value is -3.37. The van der Waals surface area contributed by atoms with E-state index in [0.717, 1.165) is 18.3 Å². The zero-order chi connectivity index (χ0) is 19.1. The summed E-state index contributed by atoms with van der Waals surface area (Å²) in [5.74, 6) is -0.828. The van der Waals surface area contributed by atoms with E-state index in [1.54, 1.807) is 0 Å². The summed E-state index contributed by atoms with van der Waals surface area (Å²) in [4.78, 5) is 10.3. The van der Waals surface area contributed by atoms with Crippen LogP contribution in [0.1, 0.15) is 5.56 Å². The van der Waals surface area contributed by atoms with Gasteiger partial charge in [0.1, 0.15) is 17.2 Å². The van der Waals surface area contributed by atoms with Crippen molar-refractivity contribution >= 4 is 17.6 Å². The van der Waals surface area contributed by atoms with E-state index in [-0.39, 0.29) is 22.7 Å². The van der Waals surface area contributed by atoms with Gasteiger partial charge in [-0.15, -0.1) is 0 Å². The van der Waals surface area contributed by atoms with Crippen molar-refractivity contribution in [3.8, 4) is 11.5 Å². The number of nitrogens with zero attached hydrogens (tertiary/aromatic N) is 2. The summed E-state index contributed by atoms with van der Waals surface area (Å²) in [5, 5.41) is 14.6. The molecule has 26 heavy (non-hydrogen) atoms. The number of para-hydroxylation sites is 2. The van der Waals surface area contributed by atoms with Crippen molar-refractivity contribution in [1.29, 1.82) is 0 Å². The molecule has 7 nitrogen and oxygen atoms in total. The molecule has 2 rings (SSSR count). The molecule has 138 valence electrons. The first kappa shape index (κ1) is 19.0. The molecule has 2 aromatic rings. The average Bonchev–Trinajstić information content (AvgIpc) is 2.56. The van der Waals surface area contributed by atoms with Gasteiger partial charge in [-0.1, -0.05) is 12.1 Å². The highest BCUT2D eigenvalue weighted by atomic mass is 19.3. The smallest absolute Gasteiger partial charge is 0.387 e. The molecule has 0 bridgehead atoms. The molecule has 0 fully saturated rings. The van der Waals surface area contributed by atoms with E-state index >= 15 is 0 Å². The number of ether oxygens (including phenoxy) is 2. The second-order valence-corrected chi connectivity index (χ2v) is 4.60. The summed E-state index contributed by atoms with van der Waals surface area (Å²) in [5.41, 5.74) is 2.25.